The molecule has 2 aromatic rings. The van der Waals surface area contributed by atoms with Crippen LogP contribution >= 0.6 is 27.5 Å². The second-order valence-corrected chi connectivity index (χ2v) is 8.59. The lowest BCUT2D eigenvalue weighted by atomic mass is 10.2. The predicted molar refractivity (Wildman–Crippen MR) is 101 cm³/mol. The summed E-state index contributed by atoms with van der Waals surface area (Å²) in [6.07, 6.45) is -1.28. The first-order chi connectivity index (χ1) is 12.2. The molecule has 26 heavy (non-hydrogen) atoms. The molecule has 0 aliphatic heterocycles. The number of carbonyl (C=O) groups excluding carboxylic acids is 1. The molecule has 0 saturated carbocycles. The summed E-state index contributed by atoms with van der Waals surface area (Å²) < 4.78 is 33.0. The maximum absolute atomic E-state index is 12.4. The Morgan fingerprint density at radius 3 is 2.31 bits per heavy atom. The summed E-state index contributed by atoms with van der Waals surface area (Å²) in [5.41, 5.74) is 0.728. The van der Waals surface area contributed by atoms with Gasteiger partial charge in [0.2, 0.25) is 10.0 Å². The van der Waals surface area contributed by atoms with Crippen LogP contribution in [0, 0.1) is 0 Å². The van der Waals surface area contributed by atoms with Crippen LogP contribution in [0.3, 0.4) is 0 Å². The average molecular weight is 463 g/mol. The highest BCUT2D eigenvalue weighted by Gasteiger charge is 2.31. The third-order valence-electron chi connectivity index (χ3n) is 3.44. The molecule has 9 heteroatoms. The van der Waals surface area contributed by atoms with Crippen LogP contribution in [0.5, 0.6) is 0 Å². The topological polar surface area (TPSA) is 92.7 Å². The van der Waals surface area contributed by atoms with Gasteiger partial charge in [-0.3, -0.25) is 4.79 Å². The number of nitrogens with one attached hydrogen (secondary N) is 1. The van der Waals surface area contributed by atoms with Gasteiger partial charge in [-0.25, -0.2) is 8.42 Å². The molecule has 140 valence electrons. The number of rotatable bonds is 7. The van der Waals surface area contributed by atoms with Crippen molar-refractivity contribution in [2.75, 3.05) is 0 Å². The first-order valence-corrected chi connectivity index (χ1v) is 10.2. The van der Waals surface area contributed by atoms with Crippen molar-refractivity contribution >= 4 is 43.5 Å². The smallest absolute Gasteiger partial charge is 0.327 e. The number of aliphatic hydroxyl groups excluding tert-OH is 1. The molecular formula is C17H17BrClNO5S. The number of benzene rings is 2. The van der Waals surface area contributed by atoms with Crippen LogP contribution in [0.2, 0.25) is 5.02 Å². The minimum atomic E-state index is -4.03. The van der Waals surface area contributed by atoms with Gasteiger partial charge in [0.15, 0.2) is 0 Å². The third kappa shape index (κ3) is 5.78. The molecule has 0 aliphatic carbocycles. The molecule has 2 N–H and O–H groups in total. The standard InChI is InChI=1S/C17H17BrClNO5S/c1-11(21)16(17(22)25-10-12-2-4-13(18)5-3-12)20-26(23,24)15-8-6-14(19)7-9-15/h2-9,11,16,20-21H,10H2,1H3. The van der Waals surface area contributed by atoms with E-state index in [0.717, 1.165) is 10.0 Å². The number of hydrogen-bond donors (Lipinski definition) is 2. The minimum absolute atomic E-state index is 0.0436. The van der Waals surface area contributed by atoms with Gasteiger partial charge in [-0.1, -0.05) is 39.7 Å². The molecule has 0 aromatic heterocycles. The van der Waals surface area contributed by atoms with Crippen LogP contribution in [0.1, 0.15) is 12.5 Å². The zero-order chi connectivity index (χ0) is 19.3. The second kappa shape index (κ2) is 8.96. The van der Waals surface area contributed by atoms with Crippen LogP contribution in [0.4, 0.5) is 0 Å². The summed E-state index contributed by atoms with van der Waals surface area (Å²) in [5, 5.41) is 10.2. The summed E-state index contributed by atoms with van der Waals surface area (Å²) in [6.45, 7) is 1.26. The summed E-state index contributed by atoms with van der Waals surface area (Å²) >= 11 is 9.05. The average Bonchev–Trinajstić information content (AvgIpc) is 2.59. The lowest BCUT2D eigenvalue weighted by molar-refractivity contribution is -0.149. The molecule has 0 heterocycles. The molecule has 0 saturated heterocycles. The van der Waals surface area contributed by atoms with Gasteiger partial charge in [0, 0.05) is 9.50 Å². The van der Waals surface area contributed by atoms with Crippen LogP contribution in [-0.2, 0) is 26.2 Å². The summed E-state index contributed by atoms with van der Waals surface area (Å²) in [7, 11) is -4.03. The molecule has 0 radical (unpaired) electrons. The number of aliphatic hydroxyl groups is 1. The van der Waals surface area contributed by atoms with Crippen molar-refractivity contribution in [3.8, 4) is 0 Å². The van der Waals surface area contributed by atoms with Crippen LogP contribution in [0.25, 0.3) is 0 Å². The van der Waals surface area contributed by atoms with E-state index in [1.165, 1.54) is 31.2 Å². The summed E-state index contributed by atoms with van der Waals surface area (Å²) in [6, 6.07) is 11.1. The summed E-state index contributed by atoms with van der Waals surface area (Å²) in [5.74, 6) is -0.875. The Bertz CT molecular complexity index is 854. The quantitative estimate of drug-likeness (QED) is 0.617. The van der Waals surface area contributed by atoms with Crippen molar-refractivity contribution in [3.05, 3.63) is 63.6 Å². The Kier molecular flexibility index (Phi) is 7.19. The third-order valence-corrected chi connectivity index (χ3v) is 5.67. The van der Waals surface area contributed by atoms with E-state index in [9.17, 15) is 18.3 Å². The van der Waals surface area contributed by atoms with Gasteiger partial charge < -0.3 is 9.84 Å². The molecule has 2 rings (SSSR count). The van der Waals surface area contributed by atoms with Gasteiger partial charge in [0.25, 0.3) is 0 Å². The van der Waals surface area contributed by atoms with Crippen LogP contribution in [-0.4, -0.2) is 31.6 Å². The molecule has 0 spiro atoms. The lowest BCUT2D eigenvalue weighted by Gasteiger charge is -2.20. The van der Waals surface area contributed by atoms with Crippen molar-refractivity contribution in [2.45, 2.75) is 30.6 Å². The maximum atomic E-state index is 12.4. The van der Waals surface area contributed by atoms with E-state index < -0.39 is 28.1 Å². The molecule has 0 aliphatic rings. The maximum Gasteiger partial charge on any atom is 0.327 e. The number of ether oxygens (including phenoxy) is 1. The number of hydrogen-bond acceptors (Lipinski definition) is 5. The number of sulfonamides is 1. The van der Waals surface area contributed by atoms with Crippen molar-refractivity contribution in [3.63, 3.8) is 0 Å². The molecule has 2 unspecified atom stereocenters. The molecule has 6 nitrogen and oxygen atoms in total. The van der Waals surface area contributed by atoms with Crippen molar-refractivity contribution in [2.24, 2.45) is 0 Å². The van der Waals surface area contributed by atoms with Gasteiger partial charge >= 0.3 is 5.97 Å². The first-order valence-electron chi connectivity index (χ1n) is 7.56. The van der Waals surface area contributed by atoms with E-state index in [4.69, 9.17) is 16.3 Å². The first kappa shape index (κ1) is 20.9. The fourth-order valence-corrected chi connectivity index (χ4v) is 3.67. The Morgan fingerprint density at radius 1 is 1.19 bits per heavy atom. The zero-order valence-electron chi connectivity index (χ0n) is 13.7. The fraction of sp³-hybridized carbons (Fsp3) is 0.235. The Hall–Kier alpha value is -1.45. The number of halogens is 2. The van der Waals surface area contributed by atoms with Gasteiger partial charge in [0.1, 0.15) is 12.6 Å². The zero-order valence-corrected chi connectivity index (χ0v) is 16.9. The second-order valence-electron chi connectivity index (χ2n) is 5.53. The normalized spacial score (nSPS) is 13.8. The predicted octanol–water partition coefficient (Wildman–Crippen LogP) is 2.87. The molecular weight excluding hydrogens is 446 g/mol. The van der Waals surface area contributed by atoms with E-state index in [1.54, 1.807) is 24.3 Å². The van der Waals surface area contributed by atoms with Gasteiger partial charge in [-0.15, -0.1) is 0 Å². The molecule has 0 bridgehead atoms. The SMILES string of the molecule is CC(O)C(NS(=O)(=O)c1ccc(Cl)cc1)C(=O)OCc1ccc(Br)cc1. The highest BCUT2D eigenvalue weighted by atomic mass is 79.9. The summed E-state index contributed by atoms with van der Waals surface area (Å²) in [4.78, 5) is 12.2. The largest absolute Gasteiger partial charge is 0.460 e. The number of esters is 1. The molecule has 2 aromatic carbocycles. The van der Waals surface area contributed by atoms with Gasteiger partial charge in [0.05, 0.1) is 11.0 Å². The van der Waals surface area contributed by atoms with E-state index >= 15 is 0 Å². The van der Waals surface area contributed by atoms with E-state index in [1.807, 2.05) is 0 Å². The van der Waals surface area contributed by atoms with Crippen LogP contribution in [0.15, 0.2) is 57.9 Å². The van der Waals surface area contributed by atoms with Gasteiger partial charge in [-0.05, 0) is 48.9 Å². The molecule has 0 fully saturated rings. The van der Waals surface area contributed by atoms with Crippen molar-refractivity contribution in [1.29, 1.82) is 0 Å². The monoisotopic (exact) mass is 461 g/mol. The Balaban J connectivity index is 2.08. The van der Waals surface area contributed by atoms with E-state index in [0.29, 0.717) is 5.02 Å². The highest BCUT2D eigenvalue weighted by molar-refractivity contribution is 9.10. The van der Waals surface area contributed by atoms with E-state index in [-0.39, 0.29) is 11.5 Å². The minimum Gasteiger partial charge on any atom is -0.460 e. The molecule has 2 atom stereocenters. The van der Waals surface area contributed by atoms with Crippen molar-refractivity contribution < 1.29 is 23.1 Å². The lowest BCUT2D eigenvalue weighted by Crippen LogP contribution is -2.48. The number of carbonyl (C=O) groups is 1. The van der Waals surface area contributed by atoms with Crippen molar-refractivity contribution in [1.82, 2.24) is 4.72 Å². The fourth-order valence-electron chi connectivity index (χ4n) is 2.02. The van der Waals surface area contributed by atoms with Crippen LogP contribution < -0.4 is 4.72 Å². The Labute approximate surface area is 165 Å². The van der Waals surface area contributed by atoms with E-state index in [2.05, 4.69) is 20.7 Å². The highest BCUT2D eigenvalue weighted by Crippen LogP contribution is 2.16. The van der Waals surface area contributed by atoms with Gasteiger partial charge in [-0.2, -0.15) is 4.72 Å². The molecule has 0 amide bonds. The Morgan fingerprint density at radius 2 is 1.77 bits per heavy atom.